The molecule has 0 radical (unpaired) electrons. The van der Waals surface area contributed by atoms with Gasteiger partial charge in [0.05, 0.1) is 6.61 Å². The lowest BCUT2D eigenvalue weighted by atomic mass is 10.1. The van der Waals surface area contributed by atoms with E-state index in [1.165, 1.54) is 12.1 Å². The van der Waals surface area contributed by atoms with E-state index in [2.05, 4.69) is 10.7 Å². The fourth-order valence-corrected chi connectivity index (χ4v) is 1.97. The second-order valence-corrected chi connectivity index (χ2v) is 5.31. The molecule has 1 rings (SSSR count). The van der Waals surface area contributed by atoms with Gasteiger partial charge in [-0.15, -0.1) is 0 Å². The maximum Gasteiger partial charge on any atom is 0.261 e. The number of aliphatic hydroxyl groups is 1. The van der Waals surface area contributed by atoms with Crippen LogP contribution in [0.3, 0.4) is 0 Å². The Labute approximate surface area is 119 Å². The molecular weight excluding hydrogens is 262 g/mol. The minimum Gasteiger partial charge on any atom is -0.383 e. The number of nitrogens with one attached hydrogen (secondary N) is 2. The number of ether oxygens (including phenoxy) is 1. The maximum atomic E-state index is 12.3. The van der Waals surface area contributed by atoms with E-state index in [9.17, 15) is 14.7 Å². The SMILES string of the molecule is COC[C@H](NC(=O)[C@@H](O)C(C)C)C(=O)N1CCCCN1. The molecule has 2 atom stereocenters. The number of nitrogens with zero attached hydrogens (tertiary/aromatic N) is 1. The minimum absolute atomic E-state index is 0.0770. The molecule has 116 valence electrons. The molecule has 0 aromatic carbocycles. The summed E-state index contributed by atoms with van der Waals surface area (Å²) >= 11 is 0. The zero-order valence-electron chi connectivity index (χ0n) is 12.4. The number of methoxy groups -OCH3 is 1. The fraction of sp³-hybridized carbons (Fsp3) is 0.846. The van der Waals surface area contributed by atoms with Crippen LogP contribution < -0.4 is 10.7 Å². The number of hydrazine groups is 1. The van der Waals surface area contributed by atoms with Gasteiger partial charge in [0, 0.05) is 20.2 Å². The molecule has 0 spiro atoms. The summed E-state index contributed by atoms with van der Waals surface area (Å²) in [7, 11) is 1.47. The second kappa shape index (κ2) is 8.18. The lowest BCUT2D eigenvalue weighted by Crippen LogP contribution is -2.58. The van der Waals surface area contributed by atoms with Crippen LogP contribution in [0.1, 0.15) is 26.7 Å². The molecule has 1 saturated heterocycles. The predicted octanol–water partition coefficient (Wildman–Crippen LogP) is -0.738. The van der Waals surface area contributed by atoms with Gasteiger partial charge in [0.15, 0.2) is 0 Å². The molecule has 0 bridgehead atoms. The van der Waals surface area contributed by atoms with Crippen LogP contribution in [0, 0.1) is 5.92 Å². The summed E-state index contributed by atoms with van der Waals surface area (Å²) in [6, 6.07) is -0.786. The van der Waals surface area contributed by atoms with E-state index in [0.717, 1.165) is 19.4 Å². The van der Waals surface area contributed by atoms with Gasteiger partial charge < -0.3 is 15.2 Å². The van der Waals surface area contributed by atoms with E-state index in [1.54, 1.807) is 13.8 Å². The van der Waals surface area contributed by atoms with Crippen molar-refractivity contribution >= 4 is 11.8 Å². The Hall–Kier alpha value is -1.18. The molecule has 2 amide bonds. The highest BCUT2D eigenvalue weighted by molar-refractivity contribution is 5.89. The van der Waals surface area contributed by atoms with Gasteiger partial charge in [0.1, 0.15) is 12.1 Å². The van der Waals surface area contributed by atoms with Crippen molar-refractivity contribution in [2.45, 2.75) is 38.8 Å². The van der Waals surface area contributed by atoms with Crippen LogP contribution in [0.5, 0.6) is 0 Å². The Morgan fingerprint density at radius 3 is 2.60 bits per heavy atom. The average molecular weight is 287 g/mol. The summed E-state index contributed by atoms with van der Waals surface area (Å²) in [5, 5.41) is 13.8. The molecule has 0 aromatic heterocycles. The van der Waals surface area contributed by atoms with Gasteiger partial charge in [-0.3, -0.25) is 14.6 Å². The summed E-state index contributed by atoms with van der Waals surface area (Å²) in [6.45, 7) is 4.91. The van der Waals surface area contributed by atoms with Gasteiger partial charge in [-0.25, -0.2) is 5.43 Å². The van der Waals surface area contributed by atoms with E-state index in [-0.39, 0.29) is 18.4 Å². The molecule has 0 aromatic rings. The second-order valence-electron chi connectivity index (χ2n) is 5.31. The smallest absolute Gasteiger partial charge is 0.261 e. The summed E-state index contributed by atoms with van der Waals surface area (Å²) in [5.74, 6) is -0.996. The van der Waals surface area contributed by atoms with E-state index in [0.29, 0.717) is 6.54 Å². The lowest BCUT2D eigenvalue weighted by molar-refractivity contribution is -0.144. The first kappa shape index (κ1) is 16.9. The van der Waals surface area contributed by atoms with Crippen molar-refractivity contribution < 1.29 is 19.4 Å². The van der Waals surface area contributed by atoms with Gasteiger partial charge in [-0.05, 0) is 18.8 Å². The highest BCUT2D eigenvalue weighted by Gasteiger charge is 2.29. The van der Waals surface area contributed by atoms with Crippen LogP contribution in [0.15, 0.2) is 0 Å². The first-order valence-corrected chi connectivity index (χ1v) is 6.99. The summed E-state index contributed by atoms with van der Waals surface area (Å²) < 4.78 is 4.99. The van der Waals surface area contributed by atoms with Crippen LogP contribution in [0.4, 0.5) is 0 Å². The normalized spacial score (nSPS) is 18.8. The van der Waals surface area contributed by atoms with Crippen LogP contribution in [0.25, 0.3) is 0 Å². The van der Waals surface area contributed by atoms with Crippen molar-refractivity contribution in [3.05, 3.63) is 0 Å². The van der Waals surface area contributed by atoms with E-state index in [4.69, 9.17) is 4.74 Å². The number of rotatable bonds is 6. The number of hydrogen-bond acceptors (Lipinski definition) is 5. The van der Waals surface area contributed by atoms with E-state index < -0.39 is 18.1 Å². The zero-order chi connectivity index (χ0) is 15.1. The van der Waals surface area contributed by atoms with Crippen molar-refractivity contribution in [2.75, 3.05) is 26.8 Å². The Kier molecular flexibility index (Phi) is 6.90. The van der Waals surface area contributed by atoms with Crippen LogP contribution in [0.2, 0.25) is 0 Å². The third kappa shape index (κ3) is 4.73. The van der Waals surface area contributed by atoms with Gasteiger partial charge in [0.25, 0.3) is 5.91 Å². The van der Waals surface area contributed by atoms with E-state index in [1.807, 2.05) is 0 Å². The monoisotopic (exact) mass is 287 g/mol. The Morgan fingerprint density at radius 1 is 1.40 bits per heavy atom. The average Bonchev–Trinajstić information content (AvgIpc) is 2.45. The third-order valence-electron chi connectivity index (χ3n) is 3.23. The number of carbonyl (C=O) groups is 2. The number of hydrogen-bond donors (Lipinski definition) is 3. The number of aliphatic hydroxyl groups excluding tert-OH is 1. The van der Waals surface area contributed by atoms with Crippen molar-refractivity contribution in [3.8, 4) is 0 Å². The quantitative estimate of drug-likeness (QED) is 0.599. The fourth-order valence-electron chi connectivity index (χ4n) is 1.97. The predicted molar refractivity (Wildman–Crippen MR) is 73.6 cm³/mol. The largest absolute Gasteiger partial charge is 0.383 e. The van der Waals surface area contributed by atoms with Crippen LogP contribution in [-0.4, -0.2) is 60.9 Å². The molecule has 20 heavy (non-hydrogen) atoms. The van der Waals surface area contributed by atoms with Crippen molar-refractivity contribution in [3.63, 3.8) is 0 Å². The van der Waals surface area contributed by atoms with Gasteiger partial charge >= 0.3 is 0 Å². The van der Waals surface area contributed by atoms with Crippen LogP contribution >= 0.6 is 0 Å². The molecule has 1 aliphatic rings. The van der Waals surface area contributed by atoms with E-state index >= 15 is 0 Å². The first-order chi connectivity index (χ1) is 9.47. The van der Waals surface area contributed by atoms with Gasteiger partial charge in [0.2, 0.25) is 5.91 Å². The van der Waals surface area contributed by atoms with Crippen molar-refractivity contribution in [1.29, 1.82) is 0 Å². The number of amides is 2. The highest BCUT2D eigenvalue weighted by Crippen LogP contribution is 2.05. The maximum absolute atomic E-state index is 12.3. The van der Waals surface area contributed by atoms with Gasteiger partial charge in [-0.1, -0.05) is 13.8 Å². The Bertz CT molecular complexity index is 330. The lowest BCUT2D eigenvalue weighted by Gasteiger charge is -2.31. The molecule has 7 nitrogen and oxygen atoms in total. The molecule has 0 aliphatic carbocycles. The highest BCUT2D eigenvalue weighted by atomic mass is 16.5. The van der Waals surface area contributed by atoms with Gasteiger partial charge in [-0.2, -0.15) is 0 Å². The van der Waals surface area contributed by atoms with Crippen LogP contribution in [-0.2, 0) is 14.3 Å². The molecule has 3 N–H and O–H groups in total. The summed E-state index contributed by atoms with van der Waals surface area (Å²) in [5.41, 5.74) is 3.00. The topological polar surface area (TPSA) is 90.9 Å². The molecular formula is C13H25N3O4. The van der Waals surface area contributed by atoms with Crippen molar-refractivity contribution in [1.82, 2.24) is 15.8 Å². The third-order valence-corrected chi connectivity index (χ3v) is 3.23. The molecule has 0 saturated carbocycles. The molecule has 1 fully saturated rings. The standard InChI is InChI=1S/C13H25N3O4/c1-9(2)11(17)12(18)15-10(8-20-3)13(19)16-7-5-4-6-14-16/h9-11,14,17H,4-8H2,1-3H3,(H,15,18)/t10-,11-/m0/s1. The summed E-state index contributed by atoms with van der Waals surface area (Å²) in [4.78, 5) is 24.2. The Morgan fingerprint density at radius 2 is 2.10 bits per heavy atom. The first-order valence-electron chi connectivity index (χ1n) is 6.99. The zero-order valence-corrected chi connectivity index (χ0v) is 12.4. The molecule has 1 heterocycles. The minimum atomic E-state index is -1.13. The molecule has 0 unspecified atom stereocenters. The molecule has 7 heteroatoms. The Balaban J connectivity index is 2.62. The summed E-state index contributed by atoms with van der Waals surface area (Å²) in [6.07, 6.45) is 0.828. The molecule has 1 aliphatic heterocycles. The van der Waals surface area contributed by atoms with Crippen molar-refractivity contribution in [2.24, 2.45) is 5.92 Å². The number of carbonyl (C=O) groups excluding carboxylic acids is 2.